The van der Waals surface area contributed by atoms with Crippen molar-refractivity contribution in [1.29, 1.82) is 0 Å². The lowest BCUT2D eigenvalue weighted by molar-refractivity contribution is 0.565. The van der Waals surface area contributed by atoms with Gasteiger partial charge in [-0.05, 0) is 59.6 Å². The van der Waals surface area contributed by atoms with Gasteiger partial charge in [-0.2, -0.15) is 0 Å². The van der Waals surface area contributed by atoms with E-state index in [1.54, 1.807) is 18.2 Å². The highest BCUT2D eigenvalue weighted by molar-refractivity contribution is 7.89. The van der Waals surface area contributed by atoms with E-state index < -0.39 is 10.0 Å². The van der Waals surface area contributed by atoms with Crippen molar-refractivity contribution in [3.05, 3.63) is 59.4 Å². The Labute approximate surface area is 148 Å². The molecular formula is C19H23FN2O2S. The Balaban J connectivity index is 1.73. The zero-order valence-electron chi connectivity index (χ0n) is 14.6. The van der Waals surface area contributed by atoms with Gasteiger partial charge >= 0.3 is 0 Å². The second-order valence-corrected chi connectivity index (χ2v) is 8.92. The van der Waals surface area contributed by atoms with Crippen LogP contribution in [0.3, 0.4) is 0 Å². The Morgan fingerprint density at radius 1 is 1.16 bits per heavy atom. The first-order chi connectivity index (χ1) is 11.6. The van der Waals surface area contributed by atoms with Crippen molar-refractivity contribution >= 4 is 15.7 Å². The van der Waals surface area contributed by atoms with Crippen molar-refractivity contribution in [3.8, 4) is 0 Å². The highest BCUT2D eigenvalue weighted by atomic mass is 32.2. The minimum absolute atomic E-state index is 0.0946. The molecule has 0 heterocycles. The fourth-order valence-electron chi connectivity index (χ4n) is 3.66. The number of primary sulfonamides is 1. The number of halogens is 1. The second kappa shape index (κ2) is 6.11. The fourth-order valence-corrected chi connectivity index (χ4v) is 4.17. The molecule has 1 aliphatic carbocycles. The molecule has 0 unspecified atom stereocenters. The Morgan fingerprint density at radius 3 is 2.40 bits per heavy atom. The van der Waals surface area contributed by atoms with E-state index in [0.717, 1.165) is 23.4 Å². The molecule has 6 heteroatoms. The predicted molar refractivity (Wildman–Crippen MR) is 97.5 cm³/mol. The third kappa shape index (κ3) is 3.55. The van der Waals surface area contributed by atoms with Crippen LogP contribution in [0.2, 0.25) is 0 Å². The van der Waals surface area contributed by atoms with E-state index in [1.165, 1.54) is 12.1 Å². The van der Waals surface area contributed by atoms with Gasteiger partial charge in [0.2, 0.25) is 10.0 Å². The summed E-state index contributed by atoms with van der Waals surface area (Å²) in [5.41, 5.74) is 3.01. The fraction of sp³-hybridized carbons (Fsp3) is 0.368. The largest absolute Gasteiger partial charge is 0.384 e. The van der Waals surface area contributed by atoms with Gasteiger partial charge in [0.25, 0.3) is 0 Å². The summed E-state index contributed by atoms with van der Waals surface area (Å²) in [6.45, 7) is 7.06. The maximum absolute atomic E-state index is 13.4. The van der Waals surface area contributed by atoms with Crippen molar-refractivity contribution in [2.24, 2.45) is 16.5 Å². The second-order valence-electron chi connectivity index (χ2n) is 7.36. The van der Waals surface area contributed by atoms with Gasteiger partial charge in [-0.25, -0.2) is 17.9 Å². The Morgan fingerprint density at radius 2 is 1.80 bits per heavy atom. The van der Waals surface area contributed by atoms with Gasteiger partial charge in [0.1, 0.15) is 5.82 Å². The van der Waals surface area contributed by atoms with Crippen LogP contribution in [-0.4, -0.2) is 15.0 Å². The van der Waals surface area contributed by atoms with E-state index in [9.17, 15) is 12.8 Å². The molecule has 2 aromatic carbocycles. The van der Waals surface area contributed by atoms with Crippen LogP contribution >= 0.6 is 0 Å². The molecule has 3 rings (SSSR count). The number of hydrogen-bond acceptors (Lipinski definition) is 3. The Bertz CT molecular complexity index is 892. The summed E-state index contributed by atoms with van der Waals surface area (Å²) >= 11 is 0. The van der Waals surface area contributed by atoms with E-state index in [1.807, 2.05) is 19.1 Å². The lowest BCUT2D eigenvalue weighted by Gasteiger charge is -2.10. The molecule has 0 spiro atoms. The number of anilines is 1. The minimum Gasteiger partial charge on any atom is -0.384 e. The lowest BCUT2D eigenvalue weighted by atomic mass is 10.0. The quantitative estimate of drug-likeness (QED) is 0.853. The number of nitrogens with two attached hydrogens (primary N) is 1. The Kier molecular flexibility index (Phi) is 4.37. The first-order valence-corrected chi connectivity index (χ1v) is 9.78. The third-order valence-electron chi connectivity index (χ3n) is 5.33. The van der Waals surface area contributed by atoms with Gasteiger partial charge in [-0.15, -0.1) is 0 Å². The van der Waals surface area contributed by atoms with Gasteiger partial charge in [0.15, 0.2) is 0 Å². The first-order valence-electron chi connectivity index (χ1n) is 8.23. The molecule has 0 radical (unpaired) electrons. The summed E-state index contributed by atoms with van der Waals surface area (Å²) in [6, 6.07) is 11.5. The molecule has 0 amide bonds. The van der Waals surface area contributed by atoms with Crippen molar-refractivity contribution < 1.29 is 12.8 Å². The van der Waals surface area contributed by atoms with Crippen LogP contribution in [-0.2, 0) is 10.0 Å². The number of aryl methyl sites for hydroxylation is 1. The predicted octanol–water partition coefficient (Wildman–Crippen LogP) is 3.63. The van der Waals surface area contributed by atoms with Crippen molar-refractivity contribution in [2.45, 2.75) is 31.6 Å². The summed E-state index contributed by atoms with van der Waals surface area (Å²) in [5, 5.41) is 8.50. The first kappa shape index (κ1) is 17.9. The van der Waals surface area contributed by atoms with Gasteiger partial charge < -0.3 is 5.32 Å². The van der Waals surface area contributed by atoms with Crippen LogP contribution in [0.15, 0.2) is 47.4 Å². The minimum atomic E-state index is -3.67. The monoisotopic (exact) mass is 362 g/mol. The maximum Gasteiger partial charge on any atom is 0.238 e. The summed E-state index contributed by atoms with van der Waals surface area (Å²) in [4.78, 5) is 0.125. The SMILES string of the molecule is Cc1ccc(F)cc1NC[C@H]1[C@H](c2ccc(S(N)(=O)=O)cc2)C1(C)C. The van der Waals surface area contributed by atoms with Crippen LogP contribution in [0.1, 0.15) is 30.9 Å². The molecule has 2 atom stereocenters. The smallest absolute Gasteiger partial charge is 0.238 e. The van der Waals surface area contributed by atoms with Gasteiger partial charge in [-0.1, -0.05) is 32.0 Å². The summed E-state index contributed by atoms with van der Waals surface area (Å²) in [7, 11) is -3.67. The number of nitrogens with one attached hydrogen (secondary N) is 1. The average Bonchev–Trinajstić information content (AvgIpc) is 3.08. The standard InChI is InChI=1S/C19H23FN2O2S/c1-12-4-7-14(20)10-17(12)22-11-16-18(19(16,2)3)13-5-8-15(9-6-13)25(21,23)24/h4-10,16,18,22H,11H2,1-3H3,(H2,21,23,24)/t16-,18-/m0/s1. The zero-order valence-corrected chi connectivity index (χ0v) is 15.4. The van der Waals surface area contributed by atoms with Crippen LogP contribution in [0.25, 0.3) is 0 Å². The third-order valence-corrected chi connectivity index (χ3v) is 6.26. The topological polar surface area (TPSA) is 72.2 Å². The van der Waals surface area contributed by atoms with E-state index in [0.29, 0.717) is 11.8 Å². The lowest BCUT2D eigenvalue weighted by Crippen LogP contribution is -2.11. The van der Waals surface area contributed by atoms with Crippen molar-refractivity contribution in [2.75, 3.05) is 11.9 Å². The molecular weight excluding hydrogens is 339 g/mol. The van der Waals surface area contributed by atoms with Crippen molar-refractivity contribution in [3.63, 3.8) is 0 Å². The number of benzene rings is 2. The molecule has 25 heavy (non-hydrogen) atoms. The van der Waals surface area contributed by atoms with E-state index in [4.69, 9.17) is 5.14 Å². The van der Waals surface area contributed by atoms with Gasteiger partial charge in [0, 0.05) is 12.2 Å². The number of rotatable bonds is 5. The van der Waals surface area contributed by atoms with Crippen LogP contribution in [0, 0.1) is 24.1 Å². The van der Waals surface area contributed by atoms with Crippen molar-refractivity contribution in [1.82, 2.24) is 0 Å². The average molecular weight is 362 g/mol. The van der Waals surface area contributed by atoms with Gasteiger partial charge in [0.05, 0.1) is 4.90 Å². The molecule has 0 bridgehead atoms. The molecule has 2 aromatic rings. The zero-order chi connectivity index (χ0) is 18.4. The number of hydrogen-bond donors (Lipinski definition) is 2. The van der Waals surface area contributed by atoms with Crippen LogP contribution in [0.4, 0.5) is 10.1 Å². The molecule has 0 aliphatic heterocycles. The molecule has 1 aliphatic rings. The molecule has 0 aromatic heterocycles. The highest BCUT2D eigenvalue weighted by Crippen LogP contribution is 2.64. The summed E-state index contributed by atoms with van der Waals surface area (Å²) < 4.78 is 36.2. The molecule has 134 valence electrons. The summed E-state index contributed by atoms with van der Waals surface area (Å²) in [5.74, 6) is 0.456. The molecule has 3 N–H and O–H groups in total. The van der Waals surface area contributed by atoms with E-state index >= 15 is 0 Å². The molecule has 4 nitrogen and oxygen atoms in total. The summed E-state index contributed by atoms with van der Waals surface area (Å²) in [6.07, 6.45) is 0. The number of sulfonamides is 1. The Hall–Kier alpha value is -1.92. The molecule has 0 saturated heterocycles. The van der Waals surface area contributed by atoms with E-state index in [2.05, 4.69) is 19.2 Å². The highest BCUT2D eigenvalue weighted by Gasteiger charge is 2.57. The van der Waals surface area contributed by atoms with Crippen LogP contribution in [0.5, 0.6) is 0 Å². The van der Waals surface area contributed by atoms with Gasteiger partial charge in [-0.3, -0.25) is 0 Å². The van der Waals surface area contributed by atoms with Crippen LogP contribution < -0.4 is 10.5 Å². The molecule has 1 fully saturated rings. The normalized spacial score (nSPS) is 21.8. The maximum atomic E-state index is 13.4. The van der Waals surface area contributed by atoms with E-state index in [-0.39, 0.29) is 16.1 Å². The molecule has 1 saturated carbocycles.